The Bertz CT molecular complexity index is 937. The number of aliphatic hydroxyl groups is 2. The highest BCUT2D eigenvalue weighted by Gasteiger charge is 2.50. The SMILES string of the molecule is COC1C(O)[C@H](O)[C@H](Oc2ccc3cc(NC(C)=O)c(=O)oc3c2)OC1(C)C. The van der Waals surface area contributed by atoms with Gasteiger partial charge in [0.15, 0.2) is 0 Å². The summed E-state index contributed by atoms with van der Waals surface area (Å²) < 4.78 is 21.9. The molecule has 152 valence electrons. The molecule has 2 heterocycles. The summed E-state index contributed by atoms with van der Waals surface area (Å²) in [5, 5.41) is 23.6. The van der Waals surface area contributed by atoms with Crippen LogP contribution in [0.4, 0.5) is 5.69 Å². The van der Waals surface area contributed by atoms with Gasteiger partial charge in [-0.05, 0) is 32.0 Å². The predicted octanol–water partition coefficient (Wildman–Crippen LogP) is 1.00. The van der Waals surface area contributed by atoms with Crippen molar-refractivity contribution in [3.63, 3.8) is 0 Å². The number of fused-ring (bicyclic) bond motifs is 1. The van der Waals surface area contributed by atoms with E-state index in [1.807, 2.05) is 0 Å². The molecule has 1 aliphatic rings. The van der Waals surface area contributed by atoms with Crippen LogP contribution in [-0.2, 0) is 14.3 Å². The van der Waals surface area contributed by atoms with Crippen molar-refractivity contribution >= 4 is 22.6 Å². The number of methoxy groups -OCH3 is 1. The van der Waals surface area contributed by atoms with E-state index in [-0.39, 0.29) is 22.9 Å². The molecule has 0 radical (unpaired) electrons. The van der Waals surface area contributed by atoms with Crippen LogP contribution in [0.2, 0.25) is 0 Å². The van der Waals surface area contributed by atoms with Crippen LogP contribution in [0.1, 0.15) is 20.8 Å². The van der Waals surface area contributed by atoms with Gasteiger partial charge in [-0.25, -0.2) is 4.79 Å². The van der Waals surface area contributed by atoms with Crippen molar-refractivity contribution in [1.82, 2.24) is 0 Å². The van der Waals surface area contributed by atoms with Crippen molar-refractivity contribution in [2.45, 2.75) is 51.0 Å². The molecule has 3 rings (SSSR count). The van der Waals surface area contributed by atoms with Gasteiger partial charge in [0.1, 0.15) is 35.3 Å². The molecule has 0 bridgehead atoms. The highest BCUT2D eigenvalue weighted by molar-refractivity contribution is 5.91. The molecule has 1 aromatic carbocycles. The summed E-state index contributed by atoms with van der Waals surface area (Å²) in [6.07, 6.45) is -4.44. The van der Waals surface area contributed by atoms with Gasteiger partial charge in [-0.3, -0.25) is 4.79 Å². The average Bonchev–Trinajstić information content (AvgIpc) is 2.60. The van der Waals surface area contributed by atoms with E-state index in [0.717, 1.165) is 0 Å². The molecule has 1 aliphatic heterocycles. The first-order valence-electron chi connectivity index (χ1n) is 8.71. The number of hydrogen-bond donors (Lipinski definition) is 3. The van der Waals surface area contributed by atoms with Crippen molar-refractivity contribution in [3.8, 4) is 5.75 Å². The minimum absolute atomic E-state index is 0.0372. The topological polar surface area (TPSA) is 127 Å². The van der Waals surface area contributed by atoms with E-state index in [4.69, 9.17) is 18.6 Å². The number of carbonyl (C=O) groups is 1. The normalized spacial score (nSPS) is 26.8. The molecule has 2 aromatic rings. The summed E-state index contributed by atoms with van der Waals surface area (Å²) in [6.45, 7) is 4.73. The van der Waals surface area contributed by atoms with Crippen molar-refractivity contribution in [3.05, 3.63) is 34.7 Å². The maximum Gasteiger partial charge on any atom is 0.360 e. The lowest BCUT2D eigenvalue weighted by atomic mass is 9.89. The number of amides is 1. The average molecular weight is 393 g/mol. The third-order valence-electron chi connectivity index (χ3n) is 4.57. The number of nitrogens with one attached hydrogen (secondary N) is 1. The summed E-state index contributed by atoms with van der Waals surface area (Å²) in [7, 11) is 1.42. The molecule has 4 atom stereocenters. The summed E-state index contributed by atoms with van der Waals surface area (Å²) in [5.41, 5.74) is -1.34. The molecule has 0 aliphatic carbocycles. The van der Waals surface area contributed by atoms with Crippen LogP contribution in [0.15, 0.2) is 33.5 Å². The van der Waals surface area contributed by atoms with Crippen LogP contribution in [-0.4, -0.2) is 53.4 Å². The molecular weight excluding hydrogens is 370 g/mol. The molecule has 28 heavy (non-hydrogen) atoms. The summed E-state index contributed by atoms with van der Waals surface area (Å²) in [5.74, 6) is -0.114. The lowest BCUT2D eigenvalue weighted by Crippen LogP contribution is -2.63. The van der Waals surface area contributed by atoms with Crippen LogP contribution in [0.25, 0.3) is 11.0 Å². The zero-order chi connectivity index (χ0) is 20.6. The first-order valence-corrected chi connectivity index (χ1v) is 8.71. The van der Waals surface area contributed by atoms with Crippen LogP contribution in [0.3, 0.4) is 0 Å². The van der Waals surface area contributed by atoms with Crippen molar-refractivity contribution < 1.29 is 33.6 Å². The minimum atomic E-state index is -1.34. The zero-order valence-corrected chi connectivity index (χ0v) is 16.0. The highest BCUT2D eigenvalue weighted by Crippen LogP contribution is 2.33. The number of benzene rings is 1. The molecule has 0 spiro atoms. The number of carbonyl (C=O) groups excluding carboxylic acids is 1. The Morgan fingerprint density at radius 3 is 2.57 bits per heavy atom. The van der Waals surface area contributed by atoms with Crippen LogP contribution in [0, 0.1) is 0 Å². The molecule has 1 amide bonds. The minimum Gasteiger partial charge on any atom is -0.462 e. The highest BCUT2D eigenvalue weighted by atomic mass is 16.7. The van der Waals surface area contributed by atoms with Gasteiger partial charge in [0.25, 0.3) is 0 Å². The molecular formula is C19H23NO8. The maximum absolute atomic E-state index is 12.0. The Hall–Kier alpha value is -2.46. The molecule has 1 saturated heterocycles. The summed E-state index contributed by atoms with van der Waals surface area (Å²) >= 11 is 0. The number of rotatable bonds is 4. The van der Waals surface area contributed by atoms with Gasteiger partial charge in [-0.1, -0.05) is 0 Å². The largest absolute Gasteiger partial charge is 0.462 e. The molecule has 9 heteroatoms. The molecule has 2 unspecified atom stereocenters. The quantitative estimate of drug-likeness (QED) is 0.657. The van der Waals surface area contributed by atoms with Crippen LogP contribution >= 0.6 is 0 Å². The molecule has 3 N–H and O–H groups in total. The fourth-order valence-corrected chi connectivity index (χ4v) is 3.28. The Morgan fingerprint density at radius 2 is 1.93 bits per heavy atom. The summed E-state index contributed by atoms with van der Waals surface area (Å²) in [4.78, 5) is 23.1. The standard InChI is InChI=1S/C19H23NO8/c1-9(21)20-12-7-10-5-6-11(8-13(10)27-17(12)24)26-18-15(23)14(22)16(25-4)19(2,3)28-18/h5-8,14-16,18,22-23H,1-4H3,(H,20,21)/t14?,15-,16?,18+/m0/s1. The van der Waals surface area contributed by atoms with E-state index in [0.29, 0.717) is 5.39 Å². The lowest BCUT2D eigenvalue weighted by Gasteiger charge is -2.46. The number of hydrogen-bond acceptors (Lipinski definition) is 8. The van der Waals surface area contributed by atoms with E-state index in [2.05, 4.69) is 5.32 Å². The van der Waals surface area contributed by atoms with Gasteiger partial charge < -0.3 is 34.2 Å². The van der Waals surface area contributed by atoms with Gasteiger partial charge in [0.2, 0.25) is 12.2 Å². The number of aliphatic hydroxyl groups excluding tert-OH is 2. The third-order valence-corrected chi connectivity index (χ3v) is 4.57. The van der Waals surface area contributed by atoms with Gasteiger partial charge in [0.05, 0.1) is 5.60 Å². The predicted molar refractivity (Wildman–Crippen MR) is 99.2 cm³/mol. The van der Waals surface area contributed by atoms with E-state index in [9.17, 15) is 19.8 Å². The third kappa shape index (κ3) is 3.88. The van der Waals surface area contributed by atoms with E-state index >= 15 is 0 Å². The van der Waals surface area contributed by atoms with Crippen LogP contribution < -0.4 is 15.7 Å². The number of ether oxygens (including phenoxy) is 3. The van der Waals surface area contributed by atoms with Crippen LogP contribution in [0.5, 0.6) is 5.75 Å². The smallest absolute Gasteiger partial charge is 0.360 e. The molecule has 1 fully saturated rings. The van der Waals surface area contributed by atoms with Gasteiger partial charge in [-0.15, -0.1) is 0 Å². The lowest BCUT2D eigenvalue weighted by molar-refractivity contribution is -0.305. The van der Waals surface area contributed by atoms with Gasteiger partial charge >= 0.3 is 5.63 Å². The Balaban J connectivity index is 1.86. The van der Waals surface area contributed by atoms with E-state index in [1.54, 1.807) is 26.0 Å². The van der Waals surface area contributed by atoms with Crippen molar-refractivity contribution in [2.24, 2.45) is 0 Å². The second-order valence-corrected chi connectivity index (χ2v) is 7.17. The Morgan fingerprint density at radius 1 is 1.21 bits per heavy atom. The molecule has 9 nitrogen and oxygen atoms in total. The van der Waals surface area contributed by atoms with E-state index < -0.39 is 35.8 Å². The van der Waals surface area contributed by atoms with E-state index in [1.165, 1.54) is 26.2 Å². The Kier molecular flexibility index (Phi) is 5.44. The molecule has 1 aromatic heterocycles. The second-order valence-electron chi connectivity index (χ2n) is 7.17. The van der Waals surface area contributed by atoms with Gasteiger partial charge in [0, 0.05) is 25.5 Å². The first-order chi connectivity index (χ1) is 13.1. The second kappa shape index (κ2) is 7.51. The first kappa shape index (κ1) is 20.3. The maximum atomic E-state index is 12.0. The van der Waals surface area contributed by atoms with Crippen molar-refractivity contribution in [1.29, 1.82) is 0 Å². The number of anilines is 1. The fraction of sp³-hybridized carbons (Fsp3) is 0.474. The molecule has 0 saturated carbocycles. The zero-order valence-electron chi connectivity index (χ0n) is 16.0. The fourth-order valence-electron chi connectivity index (χ4n) is 3.28. The monoisotopic (exact) mass is 393 g/mol. The van der Waals surface area contributed by atoms with Gasteiger partial charge in [-0.2, -0.15) is 0 Å². The Labute approximate surface area is 160 Å². The van der Waals surface area contributed by atoms with Crippen molar-refractivity contribution in [2.75, 3.05) is 12.4 Å². The summed E-state index contributed by atoms with van der Waals surface area (Å²) in [6, 6.07) is 6.19.